The predicted molar refractivity (Wildman–Crippen MR) is 130 cm³/mol. The van der Waals surface area contributed by atoms with E-state index in [2.05, 4.69) is 31.1 Å². The van der Waals surface area contributed by atoms with Crippen molar-refractivity contribution < 1.29 is 14.2 Å². The van der Waals surface area contributed by atoms with E-state index in [1.165, 1.54) is 19.2 Å². The molecule has 2 atom stereocenters. The van der Waals surface area contributed by atoms with Gasteiger partial charge in [0.25, 0.3) is 0 Å². The molecule has 0 aromatic heterocycles. The molecule has 0 saturated heterocycles. The molecule has 0 spiro atoms. The van der Waals surface area contributed by atoms with Gasteiger partial charge in [0.15, 0.2) is 0 Å². The zero-order chi connectivity index (χ0) is 23.7. The summed E-state index contributed by atoms with van der Waals surface area (Å²) in [5.41, 5.74) is 7.09. The number of aliphatic imine (C=N–C) groups is 2. The average Bonchev–Trinajstić information content (AvgIpc) is 2.92. The quantitative estimate of drug-likeness (QED) is 0.444. The third-order valence-electron chi connectivity index (χ3n) is 5.54. The number of benzene rings is 1. The smallest absolute Gasteiger partial charge is 0.140 e. The number of methoxy groups -OCH3 is 1. The number of nitrogens with two attached hydrogens (primary N) is 1. The zero-order valence-electron chi connectivity index (χ0n) is 19.9. The Hall–Kier alpha value is -2.83. The Morgan fingerprint density at radius 3 is 2.72 bits per heavy atom. The van der Waals surface area contributed by atoms with Crippen LogP contribution in [-0.4, -0.2) is 36.2 Å². The fourth-order valence-corrected chi connectivity index (χ4v) is 3.63. The first kappa shape index (κ1) is 25.4. The maximum Gasteiger partial charge on any atom is 0.140 e. The summed E-state index contributed by atoms with van der Waals surface area (Å²) in [7, 11) is 1.42. The summed E-state index contributed by atoms with van der Waals surface area (Å²) >= 11 is 0. The minimum Gasteiger partial charge on any atom is -0.507 e. The Morgan fingerprint density at radius 2 is 2.12 bits per heavy atom. The molecule has 0 amide bonds. The highest BCUT2D eigenvalue weighted by atomic mass is 19.1. The highest BCUT2D eigenvalue weighted by molar-refractivity contribution is 6.52. The van der Waals surface area contributed by atoms with Crippen molar-refractivity contribution in [1.29, 1.82) is 0 Å². The lowest BCUT2D eigenvalue weighted by atomic mass is 9.96. The van der Waals surface area contributed by atoms with Gasteiger partial charge in [0, 0.05) is 23.9 Å². The van der Waals surface area contributed by atoms with Crippen molar-refractivity contribution in [2.24, 2.45) is 21.6 Å². The number of rotatable bonds is 11. The number of ether oxygens (including phenoxy) is 1. The lowest BCUT2D eigenvalue weighted by Gasteiger charge is -2.23. The summed E-state index contributed by atoms with van der Waals surface area (Å²) in [4.78, 5) is 9.28. The molecule has 176 valence electrons. The second-order valence-electron chi connectivity index (χ2n) is 8.40. The third kappa shape index (κ3) is 7.11. The van der Waals surface area contributed by atoms with Gasteiger partial charge in [0.2, 0.25) is 0 Å². The first-order valence-electron chi connectivity index (χ1n) is 11.4. The van der Waals surface area contributed by atoms with Crippen LogP contribution in [0.1, 0.15) is 65.4 Å². The maximum absolute atomic E-state index is 14.9. The molecule has 1 aromatic carbocycles. The molecule has 0 fully saturated rings. The van der Waals surface area contributed by atoms with E-state index in [-0.39, 0.29) is 28.8 Å². The molecule has 1 aromatic rings. The number of nitrogens with one attached hydrogen (secondary N) is 1. The molecular weight excluding hydrogens is 407 g/mol. The third-order valence-corrected chi connectivity index (χ3v) is 5.54. The van der Waals surface area contributed by atoms with Crippen LogP contribution in [0.15, 0.2) is 45.8 Å². The summed E-state index contributed by atoms with van der Waals surface area (Å²) in [6, 6.07) is 2.87. The maximum atomic E-state index is 14.9. The minimum absolute atomic E-state index is 0.0150. The van der Waals surface area contributed by atoms with Gasteiger partial charge in [0.1, 0.15) is 23.1 Å². The molecule has 2 rings (SSSR count). The molecule has 0 saturated carbocycles. The minimum atomic E-state index is -0.634. The molecule has 6 nitrogen and oxygen atoms in total. The van der Waals surface area contributed by atoms with Crippen molar-refractivity contribution in [2.45, 2.75) is 65.8 Å². The molecule has 1 heterocycles. The van der Waals surface area contributed by atoms with Crippen LogP contribution in [0.3, 0.4) is 0 Å². The van der Waals surface area contributed by atoms with E-state index < -0.39 is 5.82 Å². The van der Waals surface area contributed by atoms with E-state index in [0.717, 1.165) is 32.1 Å². The Bertz CT molecular complexity index is 878. The van der Waals surface area contributed by atoms with Crippen molar-refractivity contribution in [3.63, 3.8) is 0 Å². The molecule has 32 heavy (non-hydrogen) atoms. The Labute approximate surface area is 191 Å². The summed E-state index contributed by atoms with van der Waals surface area (Å²) in [6.07, 6.45) is 9.02. The number of allylic oxidation sites excluding steroid dienone is 2. The van der Waals surface area contributed by atoms with Crippen LogP contribution in [0.2, 0.25) is 0 Å². The van der Waals surface area contributed by atoms with Crippen molar-refractivity contribution in [3.05, 3.63) is 47.2 Å². The summed E-state index contributed by atoms with van der Waals surface area (Å²) in [6.45, 7) is 8.68. The molecule has 0 bridgehead atoms. The molecule has 1 aliphatic rings. The lowest BCUT2D eigenvalue weighted by molar-refractivity contribution is 0.388. The van der Waals surface area contributed by atoms with Crippen molar-refractivity contribution in [2.75, 3.05) is 13.7 Å². The number of halogens is 1. The number of unbranched alkanes of at least 4 members (excludes halogenated alkanes) is 1. The first-order valence-corrected chi connectivity index (χ1v) is 11.4. The van der Waals surface area contributed by atoms with Gasteiger partial charge in [0.05, 0.1) is 30.6 Å². The van der Waals surface area contributed by atoms with Crippen LogP contribution in [0.4, 0.5) is 4.39 Å². The van der Waals surface area contributed by atoms with Crippen LogP contribution in [0.25, 0.3) is 0 Å². The Morgan fingerprint density at radius 1 is 1.38 bits per heavy atom. The highest BCUT2D eigenvalue weighted by Crippen LogP contribution is 2.29. The fourth-order valence-electron chi connectivity index (χ4n) is 3.63. The fraction of sp³-hybridized carbons (Fsp3) is 0.520. The topological polar surface area (TPSA) is 92.2 Å². The number of nitrogens with zero attached hydrogens (tertiary/aromatic N) is 2. The van der Waals surface area contributed by atoms with Crippen LogP contribution in [0.5, 0.6) is 11.5 Å². The van der Waals surface area contributed by atoms with Crippen LogP contribution in [-0.2, 0) is 0 Å². The van der Waals surface area contributed by atoms with Gasteiger partial charge in [-0.05, 0) is 37.8 Å². The SMILES string of the molecule is CCCCC(CC(C)CC)NC1=CCN=C(c2c(O)cc(OC)cc2F)C(/C=C(/C)N)=N1. The van der Waals surface area contributed by atoms with Gasteiger partial charge in [-0.15, -0.1) is 0 Å². The van der Waals surface area contributed by atoms with E-state index >= 15 is 0 Å². The second kappa shape index (κ2) is 12.3. The van der Waals surface area contributed by atoms with Crippen molar-refractivity contribution >= 4 is 11.4 Å². The number of phenolic OH excluding ortho intramolecular Hbond substituents is 1. The van der Waals surface area contributed by atoms with Crippen LogP contribution < -0.4 is 15.8 Å². The van der Waals surface area contributed by atoms with Gasteiger partial charge in [-0.2, -0.15) is 0 Å². The van der Waals surface area contributed by atoms with Gasteiger partial charge in [-0.3, -0.25) is 4.99 Å². The monoisotopic (exact) mass is 444 g/mol. The van der Waals surface area contributed by atoms with Gasteiger partial charge >= 0.3 is 0 Å². The van der Waals surface area contributed by atoms with E-state index in [9.17, 15) is 9.50 Å². The lowest BCUT2D eigenvalue weighted by Crippen LogP contribution is -2.30. The number of hydrogen-bond donors (Lipinski definition) is 3. The van der Waals surface area contributed by atoms with Crippen molar-refractivity contribution in [3.8, 4) is 11.5 Å². The number of hydrogen-bond acceptors (Lipinski definition) is 6. The van der Waals surface area contributed by atoms with Gasteiger partial charge in [-0.25, -0.2) is 9.38 Å². The van der Waals surface area contributed by atoms with E-state index in [4.69, 9.17) is 15.5 Å². The second-order valence-corrected chi connectivity index (χ2v) is 8.40. The summed E-state index contributed by atoms with van der Waals surface area (Å²) in [5, 5.41) is 14.1. The number of aromatic hydroxyl groups is 1. The average molecular weight is 445 g/mol. The Kier molecular flexibility index (Phi) is 9.75. The Balaban J connectivity index is 2.41. The standard InChI is InChI=1S/C25H37FN4O2/c1-6-8-9-18(12-16(3)7-2)29-23-10-11-28-25(21(30-23)13-17(4)27)24-20(26)14-19(32-5)15-22(24)31/h10,13-16,18,29,31H,6-9,11-12,27H2,1-5H3/b17-13-. The predicted octanol–water partition coefficient (Wildman–Crippen LogP) is 5.07. The molecule has 1 aliphatic heterocycles. The molecule has 2 unspecified atom stereocenters. The molecular formula is C25H37FN4O2. The highest BCUT2D eigenvalue weighted by Gasteiger charge is 2.23. The summed E-state index contributed by atoms with van der Waals surface area (Å²) < 4.78 is 19.9. The number of phenols is 1. The van der Waals surface area contributed by atoms with E-state index in [1.54, 1.807) is 13.0 Å². The van der Waals surface area contributed by atoms with Crippen LogP contribution >= 0.6 is 0 Å². The largest absolute Gasteiger partial charge is 0.507 e. The van der Waals surface area contributed by atoms with Crippen LogP contribution in [0, 0.1) is 11.7 Å². The summed E-state index contributed by atoms with van der Waals surface area (Å²) in [5.74, 6) is 0.624. The van der Waals surface area contributed by atoms with Crippen molar-refractivity contribution in [1.82, 2.24) is 5.32 Å². The van der Waals surface area contributed by atoms with E-state index in [1.807, 2.05) is 6.08 Å². The molecule has 0 aliphatic carbocycles. The van der Waals surface area contributed by atoms with Gasteiger partial charge < -0.3 is 20.9 Å². The molecule has 0 radical (unpaired) electrons. The molecule has 4 N–H and O–H groups in total. The first-order chi connectivity index (χ1) is 15.3. The molecule has 7 heteroatoms. The normalized spacial score (nSPS) is 16.4. The van der Waals surface area contributed by atoms with Gasteiger partial charge in [-0.1, -0.05) is 40.0 Å². The zero-order valence-corrected chi connectivity index (χ0v) is 19.9. The van der Waals surface area contributed by atoms with E-state index in [0.29, 0.717) is 29.7 Å².